The number of halogens is 6. The van der Waals surface area contributed by atoms with Crippen molar-refractivity contribution in [3.05, 3.63) is 34.9 Å². The van der Waals surface area contributed by atoms with Crippen LogP contribution in [0.5, 0.6) is 0 Å². The molecule has 0 aliphatic heterocycles. The predicted molar refractivity (Wildman–Crippen MR) is 62.5 cm³/mol. The van der Waals surface area contributed by atoms with Crippen LogP contribution in [0.15, 0.2) is 18.2 Å². The molecule has 1 aromatic carbocycles. The second kappa shape index (κ2) is 6.33. The molecule has 0 fully saturated rings. The summed E-state index contributed by atoms with van der Waals surface area (Å²) in [5, 5.41) is 2.20. The summed E-state index contributed by atoms with van der Waals surface area (Å²) >= 11 is 0. The maximum absolute atomic E-state index is 12.6. The van der Waals surface area contributed by atoms with Crippen LogP contribution >= 0.6 is 0 Å². The van der Waals surface area contributed by atoms with Gasteiger partial charge < -0.3 is 11.1 Å². The van der Waals surface area contributed by atoms with Gasteiger partial charge in [0.2, 0.25) is 0 Å². The molecule has 1 aromatic rings. The van der Waals surface area contributed by atoms with E-state index in [1.807, 2.05) is 0 Å². The van der Waals surface area contributed by atoms with Gasteiger partial charge in [-0.15, -0.1) is 0 Å². The number of amides is 1. The van der Waals surface area contributed by atoms with Crippen LogP contribution < -0.4 is 11.1 Å². The fourth-order valence-electron chi connectivity index (χ4n) is 1.49. The average Bonchev–Trinajstić information content (AvgIpc) is 2.36. The van der Waals surface area contributed by atoms with Crippen LogP contribution in [0.4, 0.5) is 26.3 Å². The van der Waals surface area contributed by atoms with E-state index >= 15 is 0 Å². The summed E-state index contributed by atoms with van der Waals surface area (Å²) in [6.07, 6.45) is -9.60. The van der Waals surface area contributed by atoms with Crippen LogP contribution in [0.1, 0.15) is 27.9 Å². The largest absolute Gasteiger partial charge is 0.416 e. The molecular weight excluding hydrogens is 302 g/mol. The van der Waals surface area contributed by atoms with Gasteiger partial charge in [0.25, 0.3) is 5.91 Å². The van der Waals surface area contributed by atoms with Gasteiger partial charge in [-0.1, -0.05) is 0 Å². The summed E-state index contributed by atoms with van der Waals surface area (Å²) in [5.74, 6) is -1.01. The summed E-state index contributed by atoms with van der Waals surface area (Å²) in [4.78, 5) is 11.6. The Bertz CT molecular complexity index is 477. The van der Waals surface area contributed by atoms with E-state index in [0.717, 1.165) is 0 Å². The summed E-state index contributed by atoms with van der Waals surface area (Å²) in [5.41, 5.74) is 1.41. The third-order valence-corrected chi connectivity index (χ3v) is 2.52. The van der Waals surface area contributed by atoms with Gasteiger partial charge >= 0.3 is 12.4 Å². The number of benzene rings is 1. The molecule has 0 atom stereocenters. The van der Waals surface area contributed by atoms with Crippen molar-refractivity contribution in [2.45, 2.75) is 18.8 Å². The zero-order chi connectivity index (χ0) is 16.3. The van der Waals surface area contributed by atoms with Crippen molar-refractivity contribution in [2.75, 3.05) is 13.1 Å². The van der Waals surface area contributed by atoms with E-state index in [1.165, 1.54) is 0 Å². The molecule has 0 spiro atoms. The average molecular weight is 314 g/mol. The van der Waals surface area contributed by atoms with Crippen LogP contribution in [0.2, 0.25) is 0 Å². The zero-order valence-corrected chi connectivity index (χ0v) is 10.6. The number of alkyl halides is 6. The summed E-state index contributed by atoms with van der Waals surface area (Å²) in [7, 11) is 0. The van der Waals surface area contributed by atoms with Crippen molar-refractivity contribution < 1.29 is 31.1 Å². The van der Waals surface area contributed by atoms with Crippen molar-refractivity contribution in [3.8, 4) is 0 Å². The maximum Gasteiger partial charge on any atom is 0.416 e. The monoisotopic (exact) mass is 314 g/mol. The fraction of sp³-hybridized carbons (Fsp3) is 0.417. The first-order valence-electron chi connectivity index (χ1n) is 5.83. The molecule has 1 amide bonds. The van der Waals surface area contributed by atoms with E-state index in [4.69, 9.17) is 5.73 Å². The lowest BCUT2D eigenvalue weighted by molar-refractivity contribution is -0.143. The second-order valence-corrected chi connectivity index (χ2v) is 4.19. The van der Waals surface area contributed by atoms with Crippen LogP contribution in [0.3, 0.4) is 0 Å². The Kier molecular flexibility index (Phi) is 5.21. The number of hydrogen-bond donors (Lipinski definition) is 2. The molecule has 0 unspecified atom stereocenters. The van der Waals surface area contributed by atoms with Crippen molar-refractivity contribution in [3.63, 3.8) is 0 Å². The molecule has 0 aromatic heterocycles. The SMILES string of the molecule is NCCCNC(=O)c1cc(C(F)(F)F)cc(C(F)(F)F)c1. The number of nitrogens with one attached hydrogen (secondary N) is 1. The number of nitrogens with two attached hydrogens (primary N) is 1. The van der Waals surface area contributed by atoms with E-state index in [9.17, 15) is 31.1 Å². The van der Waals surface area contributed by atoms with E-state index in [1.54, 1.807) is 0 Å². The van der Waals surface area contributed by atoms with Gasteiger partial charge in [-0.3, -0.25) is 4.79 Å². The van der Waals surface area contributed by atoms with Crippen LogP contribution in [0.25, 0.3) is 0 Å². The minimum absolute atomic E-state index is 0.0311. The van der Waals surface area contributed by atoms with E-state index in [0.29, 0.717) is 18.6 Å². The number of hydrogen-bond acceptors (Lipinski definition) is 2. The van der Waals surface area contributed by atoms with Crippen LogP contribution in [0, 0.1) is 0 Å². The molecule has 1 rings (SSSR count). The Balaban J connectivity index is 3.17. The first kappa shape index (κ1) is 17.3. The molecule has 0 radical (unpaired) electrons. The molecule has 3 N–H and O–H groups in total. The van der Waals surface area contributed by atoms with Gasteiger partial charge in [0.15, 0.2) is 0 Å². The quantitative estimate of drug-likeness (QED) is 0.663. The highest BCUT2D eigenvalue weighted by atomic mass is 19.4. The van der Waals surface area contributed by atoms with E-state index in [2.05, 4.69) is 5.32 Å². The maximum atomic E-state index is 12.6. The Morgan fingerprint density at radius 2 is 1.48 bits per heavy atom. The second-order valence-electron chi connectivity index (χ2n) is 4.19. The highest BCUT2D eigenvalue weighted by Gasteiger charge is 2.37. The Morgan fingerprint density at radius 3 is 1.86 bits per heavy atom. The molecule has 3 nitrogen and oxygen atoms in total. The molecule has 0 heterocycles. The highest BCUT2D eigenvalue weighted by Crippen LogP contribution is 2.36. The lowest BCUT2D eigenvalue weighted by Crippen LogP contribution is -2.27. The van der Waals surface area contributed by atoms with E-state index in [-0.39, 0.29) is 19.2 Å². The molecule has 118 valence electrons. The summed E-state index contributed by atoms with van der Waals surface area (Å²) in [6, 6.07) is 0.733. The van der Waals surface area contributed by atoms with Crippen molar-refractivity contribution in [2.24, 2.45) is 5.73 Å². The smallest absolute Gasteiger partial charge is 0.352 e. The lowest BCUT2D eigenvalue weighted by Gasteiger charge is -2.14. The molecule has 9 heteroatoms. The van der Waals surface area contributed by atoms with Crippen LogP contribution in [-0.4, -0.2) is 19.0 Å². The predicted octanol–water partition coefficient (Wildman–Crippen LogP) is 2.80. The topological polar surface area (TPSA) is 55.1 Å². The van der Waals surface area contributed by atoms with Crippen molar-refractivity contribution in [1.82, 2.24) is 5.32 Å². The lowest BCUT2D eigenvalue weighted by atomic mass is 10.0. The number of carbonyl (C=O) groups excluding carboxylic acids is 1. The first-order valence-corrected chi connectivity index (χ1v) is 5.83. The minimum atomic E-state index is -4.98. The van der Waals surface area contributed by atoms with E-state index < -0.39 is 35.0 Å². The van der Waals surface area contributed by atoms with Gasteiger partial charge in [-0.2, -0.15) is 26.3 Å². The first-order chi connectivity index (χ1) is 9.55. The highest BCUT2D eigenvalue weighted by molar-refractivity contribution is 5.94. The van der Waals surface area contributed by atoms with Gasteiger partial charge in [-0.05, 0) is 31.2 Å². The van der Waals surface area contributed by atoms with Gasteiger partial charge in [0, 0.05) is 12.1 Å². The molecule has 0 bridgehead atoms. The Hall–Kier alpha value is -1.77. The molecule has 0 aliphatic carbocycles. The Labute approximate surface area is 116 Å². The number of rotatable bonds is 4. The Morgan fingerprint density at radius 1 is 1.00 bits per heavy atom. The van der Waals surface area contributed by atoms with Crippen molar-refractivity contribution >= 4 is 5.91 Å². The fourth-order valence-corrected chi connectivity index (χ4v) is 1.49. The molecule has 21 heavy (non-hydrogen) atoms. The van der Waals surface area contributed by atoms with Crippen LogP contribution in [-0.2, 0) is 12.4 Å². The van der Waals surface area contributed by atoms with Gasteiger partial charge in [0.1, 0.15) is 0 Å². The molecule has 0 saturated heterocycles. The third kappa shape index (κ3) is 4.92. The standard InChI is InChI=1S/C12H12F6N2O/c13-11(14,15)8-4-7(10(21)20-3-1-2-19)5-9(6-8)12(16,17)18/h4-6H,1-3,19H2,(H,20,21). The normalized spacial score (nSPS) is 12.3. The van der Waals surface area contributed by atoms with Gasteiger partial charge in [-0.25, -0.2) is 0 Å². The molecule has 0 saturated carbocycles. The molecular formula is C12H12F6N2O. The van der Waals surface area contributed by atoms with Crippen molar-refractivity contribution in [1.29, 1.82) is 0 Å². The molecule has 0 aliphatic rings. The minimum Gasteiger partial charge on any atom is -0.352 e. The number of carbonyl (C=O) groups is 1. The van der Waals surface area contributed by atoms with Gasteiger partial charge in [0.05, 0.1) is 11.1 Å². The zero-order valence-electron chi connectivity index (χ0n) is 10.6. The summed E-state index contributed by atoms with van der Waals surface area (Å²) < 4.78 is 75.5. The summed E-state index contributed by atoms with van der Waals surface area (Å²) in [6.45, 7) is 0.295. The third-order valence-electron chi connectivity index (χ3n) is 2.52.